The molecule has 33 heteroatoms. The van der Waals surface area contributed by atoms with Gasteiger partial charge in [-0.3, -0.25) is 29.0 Å². The van der Waals surface area contributed by atoms with Crippen molar-refractivity contribution >= 4 is 242 Å². The third kappa shape index (κ3) is 34.3. The van der Waals surface area contributed by atoms with E-state index in [1.807, 2.05) is 93.6 Å². The van der Waals surface area contributed by atoms with Crippen molar-refractivity contribution in [1.29, 1.82) is 0 Å². The first-order chi connectivity index (χ1) is 56.8. The number of methoxy groups -OCH3 is 3. The van der Waals surface area contributed by atoms with Gasteiger partial charge in [0.1, 0.15) is 34.5 Å². The van der Waals surface area contributed by atoms with E-state index in [0.717, 1.165) is 185 Å². The maximum atomic E-state index is 12.4. The van der Waals surface area contributed by atoms with E-state index in [-0.39, 0.29) is 95.2 Å². The number of hydrogen-bond donors (Lipinski definition) is 7. The van der Waals surface area contributed by atoms with Crippen LogP contribution in [0.3, 0.4) is 0 Å². The monoisotopic (exact) mass is 2110 g/mol. The van der Waals surface area contributed by atoms with Crippen molar-refractivity contribution in [3.05, 3.63) is 141 Å². The third-order valence-electron chi connectivity index (χ3n) is 21.3. The molecule has 0 aromatic heterocycles. The predicted molar refractivity (Wildman–Crippen MR) is 523 cm³/mol. The Morgan fingerprint density at radius 3 is 1.09 bits per heavy atom. The van der Waals surface area contributed by atoms with Gasteiger partial charge in [0.25, 0.3) is 0 Å². The molecular weight excluding hydrogens is 2000 g/mol. The summed E-state index contributed by atoms with van der Waals surface area (Å²) >= 11 is 45.7. The van der Waals surface area contributed by atoms with Gasteiger partial charge in [-0.25, -0.2) is 0 Å². The molecule has 3 amide bonds. The molecular formula is C87H114B2Br5Cl6N8O11S. The molecule has 5 saturated carbocycles. The molecule has 6 aliphatic heterocycles. The number of aliphatic imine (C=N–C) groups is 1. The number of halogens is 11. The number of ether oxygens (including phenoxy) is 3. The van der Waals surface area contributed by atoms with Gasteiger partial charge < -0.3 is 60.2 Å². The van der Waals surface area contributed by atoms with Crippen LogP contribution in [-0.2, 0) is 62.5 Å². The van der Waals surface area contributed by atoms with Crippen LogP contribution in [0.25, 0.3) is 0 Å². The SMILES string of the molecule is Br.BrB(Br)Br.CC=NC(Cl)Cl.COc1cccc2c1CC[C@H](C)N2.COc1cccc2c1CC[C@H](C)N2.COc1cccc2c1CC[C@H](C)N2C(=O)C1CC1.C[C@H]1CCc2c(O)cccc2N1.C[C@H]1CCc2c(O)cccc2N1C(=O)C1CC1.C[C@H]1CCc2c(ccc(Br)c2O)N1C(=O)C1CC1.ClCCl.O=C(Cl)C1CC1.O=C(Cl)C1CC1.[B]=NS. The Balaban J connectivity index is 0.000000241. The molecule has 17 rings (SSSR count). The first-order valence-corrected chi connectivity index (χ1v) is 47.1. The topological polar surface area (TPSA) is 244 Å². The zero-order chi connectivity index (χ0) is 87.7. The Morgan fingerprint density at radius 1 is 0.483 bits per heavy atom. The number of benzene rings is 6. The van der Waals surface area contributed by atoms with Gasteiger partial charge in [0.15, 0.2) is 4.96 Å². The molecule has 6 heterocycles. The number of nitrogens with zero attached hydrogens (tertiary/aromatic N) is 5. The van der Waals surface area contributed by atoms with E-state index in [2.05, 4.69) is 163 Å². The number of phenolic OH excluding ortho intramolecular Hbond substituents is 3. The van der Waals surface area contributed by atoms with E-state index in [1.165, 1.54) is 40.9 Å². The number of amides is 3. The van der Waals surface area contributed by atoms with Crippen LogP contribution in [0.5, 0.6) is 34.5 Å². The molecule has 6 aromatic rings. The fourth-order valence-corrected chi connectivity index (χ4v) is 15.2. The first kappa shape index (κ1) is 106. The molecule has 5 fully saturated rings. The van der Waals surface area contributed by atoms with Crippen molar-refractivity contribution < 1.29 is 53.5 Å². The van der Waals surface area contributed by atoms with Crippen LogP contribution in [-0.4, -0.2) is 128 Å². The summed E-state index contributed by atoms with van der Waals surface area (Å²) in [4.78, 5) is 65.7. The van der Waals surface area contributed by atoms with E-state index >= 15 is 0 Å². The van der Waals surface area contributed by atoms with E-state index in [0.29, 0.717) is 46.0 Å². The molecule has 0 saturated heterocycles. The summed E-state index contributed by atoms with van der Waals surface area (Å²) in [7, 11) is 9.49. The fourth-order valence-electron chi connectivity index (χ4n) is 14.2. The van der Waals surface area contributed by atoms with Crippen LogP contribution < -0.4 is 44.9 Å². The minimum atomic E-state index is -0.588. The van der Waals surface area contributed by atoms with Gasteiger partial charge in [-0.2, -0.15) is 0 Å². The van der Waals surface area contributed by atoms with Crippen LogP contribution in [0.2, 0.25) is 0 Å². The van der Waals surface area contributed by atoms with Gasteiger partial charge >= 0.3 is 27.9 Å². The van der Waals surface area contributed by atoms with Crippen molar-refractivity contribution in [2.45, 2.75) is 231 Å². The average Bonchev–Trinajstić information content (AvgIpc) is 1.75. The molecule has 19 nitrogen and oxygen atoms in total. The van der Waals surface area contributed by atoms with Gasteiger partial charge in [-0.15, -0.1) is 87.5 Å². The molecule has 11 aliphatic rings. The van der Waals surface area contributed by atoms with E-state index < -0.39 is 4.96 Å². The van der Waals surface area contributed by atoms with Gasteiger partial charge in [0.2, 0.25) is 28.2 Å². The molecule has 6 N–H and O–H groups in total. The van der Waals surface area contributed by atoms with Crippen molar-refractivity contribution in [2.75, 3.05) is 57.3 Å². The number of phenols is 3. The molecule has 120 heavy (non-hydrogen) atoms. The number of carbonyl (C=O) groups is 5. The number of alkyl halides is 4. The summed E-state index contributed by atoms with van der Waals surface area (Å²) in [6, 6.07) is 35.7. The normalized spacial score (nSPS) is 19.8. The van der Waals surface area contributed by atoms with Crippen LogP contribution >= 0.6 is 163 Å². The number of thiol groups is 1. The number of anilines is 6. The molecule has 0 bridgehead atoms. The Bertz CT molecular complexity index is 4220. The Labute approximate surface area is 790 Å². The average molecular weight is 2110 g/mol. The van der Waals surface area contributed by atoms with Gasteiger partial charge in [0.05, 0.1) is 48.2 Å². The Kier molecular flexibility index (Phi) is 48.0. The molecule has 1 radical (unpaired) electrons. The van der Waals surface area contributed by atoms with Gasteiger partial charge in [0, 0.05) is 116 Å². The molecule has 6 aromatic carbocycles. The second kappa shape index (κ2) is 54.4. The summed E-state index contributed by atoms with van der Waals surface area (Å²) in [6.07, 6.45) is 24.1. The zero-order valence-electron chi connectivity index (χ0n) is 69.7. The fraction of sp³-hybridized carbons (Fsp3) is 0.517. The first-order valence-electron chi connectivity index (χ1n) is 40.4. The maximum absolute atomic E-state index is 12.4. The standard InChI is InChI=1S/C15H19NO2.C14H16BrNO2.C14H17NO2.2C11H15NO.C10H13NO.2C4H5ClO.C3H5Cl2N.CH2Cl2.BBr3.BHNS.BrH/c1-10-6-9-12-13(4-3-5-14(12)18-2)16(10)15(17)11-7-8-11;1-8-2-5-10-12(7-6-11(15)13(10)17)16(8)14(18)9-3-4-9;1-9-5-8-11-12(3-2-4-13(11)16)15(9)14(17)10-6-7-10;2*1-8-6-7-9-10(12-8)4-3-5-11(9)13-2;1-7-5-6-8-9(11-7)3-2-4-10(8)12;2*5-4(6)3-1-2-3;1-2-6-3(4)5;2-1-3;2-1(3)4;1-2-3;/h3-5,10-11H,6-9H2,1-2H3;6-9,17H,2-5H2,1H3;2-4,9-10,16H,5-8H2,1H3;2*3-5,8,12H,6-7H2,1-2H3;2-4,7,11-12H,5-6H2,1H3;2*3H,1-2H2;2-3H,1H3;1H2;;3H;1H/t10-;8-;9-;2*8-;7-;;;;;;;/m000000......./s1. The van der Waals surface area contributed by atoms with Crippen molar-refractivity contribution in [3.63, 3.8) is 0 Å². The Hall–Kier alpha value is -4.64. The van der Waals surface area contributed by atoms with E-state index in [9.17, 15) is 39.3 Å². The second-order valence-corrected chi connectivity index (χ2v) is 40.7. The molecule has 6 atom stereocenters. The summed E-state index contributed by atoms with van der Waals surface area (Å²) in [5.74, 6) is 5.90. The van der Waals surface area contributed by atoms with Crippen molar-refractivity contribution in [3.8, 4) is 34.5 Å². The van der Waals surface area contributed by atoms with E-state index in [1.54, 1.807) is 46.6 Å². The third-order valence-corrected chi connectivity index (χ3v) is 22.8. The van der Waals surface area contributed by atoms with Crippen LogP contribution in [0.15, 0.2) is 117 Å². The molecule has 657 valence electrons. The number of carbonyl (C=O) groups excluding carboxylic acids is 5. The van der Waals surface area contributed by atoms with Crippen molar-refractivity contribution in [2.24, 2.45) is 38.9 Å². The predicted octanol–water partition coefficient (Wildman–Crippen LogP) is 24.0. The second-order valence-electron chi connectivity index (χ2n) is 30.6. The summed E-state index contributed by atoms with van der Waals surface area (Å²) in [5.41, 5.74) is 13.2. The number of rotatable bonds is 9. The van der Waals surface area contributed by atoms with Gasteiger partial charge in [-0.05, 0) is 308 Å². The summed E-state index contributed by atoms with van der Waals surface area (Å²) in [6.45, 7) is 14.7. The number of aromatic hydroxyl groups is 3. The zero-order valence-corrected chi connectivity index (χ0v) is 83.2. The van der Waals surface area contributed by atoms with Crippen LogP contribution in [0, 0.1) is 29.6 Å². The van der Waals surface area contributed by atoms with Crippen LogP contribution in [0.4, 0.5) is 34.1 Å². The number of nitrogens with one attached hydrogen (secondary N) is 3. The van der Waals surface area contributed by atoms with Crippen molar-refractivity contribution in [1.82, 2.24) is 0 Å². The summed E-state index contributed by atoms with van der Waals surface area (Å²) < 4.78 is 19.7. The van der Waals surface area contributed by atoms with Gasteiger partial charge in [-0.1, -0.05) is 53.5 Å². The Morgan fingerprint density at radius 2 is 0.767 bits per heavy atom. The number of fused-ring (bicyclic) bond motifs is 6. The van der Waals surface area contributed by atoms with E-state index in [4.69, 9.17) is 83.8 Å². The molecule has 5 aliphatic carbocycles. The van der Waals surface area contributed by atoms with Crippen LogP contribution in [0.1, 0.15) is 185 Å². The quantitative estimate of drug-likeness (QED) is 0.0178. The minimum absolute atomic E-state index is 0. The molecule has 0 spiro atoms. The summed E-state index contributed by atoms with van der Waals surface area (Å²) in [5, 5.41) is 39.6. The number of hydrogen-bond acceptors (Lipinski definition) is 17. The molecule has 0 unspecified atom stereocenters.